The first-order valence-corrected chi connectivity index (χ1v) is 6.73. The first-order valence-electron chi connectivity index (χ1n) is 6.73. The van der Waals surface area contributed by atoms with Gasteiger partial charge in [-0.3, -0.25) is 0 Å². The Hall–Kier alpha value is -1.80. The first kappa shape index (κ1) is 12.2. The van der Waals surface area contributed by atoms with E-state index >= 15 is 0 Å². The Morgan fingerprint density at radius 1 is 1.05 bits per heavy atom. The number of nitrogens with two attached hydrogens (primary N) is 1. The van der Waals surface area contributed by atoms with Crippen LogP contribution in [0.5, 0.6) is 5.75 Å². The Morgan fingerprint density at radius 3 is 2.63 bits per heavy atom. The van der Waals surface area contributed by atoms with Crippen molar-refractivity contribution in [3.8, 4) is 5.75 Å². The van der Waals surface area contributed by atoms with Crippen molar-refractivity contribution in [2.24, 2.45) is 5.73 Å². The van der Waals surface area contributed by atoms with Crippen LogP contribution in [0.2, 0.25) is 0 Å². The minimum Gasteiger partial charge on any atom is -0.485 e. The molecule has 2 aromatic carbocycles. The fourth-order valence-corrected chi connectivity index (χ4v) is 2.70. The van der Waals surface area contributed by atoms with Gasteiger partial charge in [-0.05, 0) is 25.5 Å². The Labute approximate surface area is 114 Å². The van der Waals surface area contributed by atoms with E-state index in [1.54, 1.807) is 0 Å². The Kier molecular flexibility index (Phi) is 3.03. The second kappa shape index (κ2) is 4.71. The van der Waals surface area contributed by atoms with Gasteiger partial charge < -0.3 is 10.5 Å². The van der Waals surface area contributed by atoms with Gasteiger partial charge in [0.15, 0.2) is 0 Å². The molecule has 2 N–H and O–H groups in total. The summed E-state index contributed by atoms with van der Waals surface area (Å²) in [5, 5.41) is 0. The summed E-state index contributed by atoms with van der Waals surface area (Å²) in [7, 11) is 0. The molecule has 0 aliphatic carbocycles. The number of fused-ring (bicyclic) bond motifs is 1. The van der Waals surface area contributed by atoms with Crippen LogP contribution in [0.25, 0.3) is 0 Å². The number of hydrogen-bond acceptors (Lipinski definition) is 2. The maximum absolute atomic E-state index is 6.30. The summed E-state index contributed by atoms with van der Waals surface area (Å²) in [5.74, 6) is 0.927. The molecule has 2 atom stereocenters. The van der Waals surface area contributed by atoms with Crippen molar-refractivity contribution in [2.75, 3.05) is 0 Å². The highest BCUT2D eigenvalue weighted by Crippen LogP contribution is 2.40. The summed E-state index contributed by atoms with van der Waals surface area (Å²) in [6, 6.07) is 14.8. The van der Waals surface area contributed by atoms with Gasteiger partial charge in [0, 0.05) is 18.0 Å². The normalized spacial score (nSPS) is 21.6. The quantitative estimate of drug-likeness (QED) is 0.838. The number of rotatable bonds is 1. The lowest BCUT2D eigenvalue weighted by Crippen LogP contribution is -2.24. The highest BCUT2D eigenvalue weighted by molar-refractivity contribution is 5.41. The summed E-state index contributed by atoms with van der Waals surface area (Å²) >= 11 is 0. The van der Waals surface area contributed by atoms with Crippen LogP contribution >= 0.6 is 0 Å². The fraction of sp³-hybridized carbons (Fsp3) is 0.294. The number of aryl methyl sites for hydroxylation is 2. The molecule has 0 saturated heterocycles. The molecule has 2 nitrogen and oxygen atoms in total. The van der Waals surface area contributed by atoms with Crippen LogP contribution in [0, 0.1) is 13.8 Å². The molecule has 0 aromatic heterocycles. The Balaban J connectivity index is 1.95. The number of ether oxygens (including phenoxy) is 1. The minimum atomic E-state index is 0.0502. The van der Waals surface area contributed by atoms with Crippen LogP contribution < -0.4 is 10.5 Å². The molecule has 0 spiro atoms. The molecule has 0 amide bonds. The van der Waals surface area contributed by atoms with Crippen molar-refractivity contribution in [2.45, 2.75) is 32.4 Å². The van der Waals surface area contributed by atoms with Gasteiger partial charge in [-0.15, -0.1) is 0 Å². The molecular formula is C17H19NO. The zero-order chi connectivity index (χ0) is 13.4. The molecule has 98 valence electrons. The molecule has 0 radical (unpaired) electrons. The maximum Gasteiger partial charge on any atom is 0.126 e. The van der Waals surface area contributed by atoms with Crippen molar-refractivity contribution in [3.05, 3.63) is 64.7 Å². The third kappa shape index (κ3) is 2.36. The van der Waals surface area contributed by atoms with Crippen molar-refractivity contribution < 1.29 is 4.74 Å². The SMILES string of the molecule is Cc1cccc(C2C[C@H](N)c3cc(C)ccc3O2)c1. The Morgan fingerprint density at radius 2 is 1.84 bits per heavy atom. The maximum atomic E-state index is 6.30. The van der Waals surface area contributed by atoms with Crippen LogP contribution in [-0.4, -0.2) is 0 Å². The summed E-state index contributed by atoms with van der Waals surface area (Å²) in [4.78, 5) is 0. The summed E-state index contributed by atoms with van der Waals surface area (Å²) in [6.07, 6.45) is 0.894. The number of hydrogen-bond donors (Lipinski definition) is 1. The van der Waals surface area contributed by atoms with E-state index in [0.717, 1.165) is 17.7 Å². The molecule has 0 bridgehead atoms. The average molecular weight is 253 g/mol. The van der Waals surface area contributed by atoms with Gasteiger partial charge in [0.1, 0.15) is 11.9 Å². The fourth-order valence-electron chi connectivity index (χ4n) is 2.70. The molecule has 2 heteroatoms. The summed E-state index contributed by atoms with van der Waals surface area (Å²) in [5.41, 5.74) is 11.1. The molecule has 3 rings (SSSR count). The lowest BCUT2D eigenvalue weighted by atomic mass is 9.92. The third-order valence-corrected chi connectivity index (χ3v) is 3.72. The van der Waals surface area contributed by atoms with E-state index in [-0.39, 0.29) is 12.1 Å². The number of benzene rings is 2. The van der Waals surface area contributed by atoms with Gasteiger partial charge in [0.05, 0.1) is 0 Å². The van der Waals surface area contributed by atoms with E-state index in [1.165, 1.54) is 16.7 Å². The minimum absolute atomic E-state index is 0.0502. The van der Waals surface area contributed by atoms with Crippen molar-refractivity contribution >= 4 is 0 Å². The molecular weight excluding hydrogens is 234 g/mol. The first-order chi connectivity index (χ1) is 9.13. The van der Waals surface area contributed by atoms with E-state index in [0.29, 0.717) is 0 Å². The summed E-state index contributed by atoms with van der Waals surface area (Å²) < 4.78 is 6.12. The van der Waals surface area contributed by atoms with E-state index in [9.17, 15) is 0 Å². The van der Waals surface area contributed by atoms with Crippen LogP contribution in [0.4, 0.5) is 0 Å². The molecule has 0 saturated carbocycles. The molecule has 1 aliphatic rings. The second-order valence-corrected chi connectivity index (χ2v) is 5.40. The summed E-state index contributed by atoms with van der Waals surface area (Å²) in [6.45, 7) is 4.18. The molecule has 2 aromatic rings. The van der Waals surface area contributed by atoms with Crippen LogP contribution in [0.15, 0.2) is 42.5 Å². The van der Waals surface area contributed by atoms with Gasteiger partial charge >= 0.3 is 0 Å². The van der Waals surface area contributed by atoms with Crippen LogP contribution in [-0.2, 0) is 0 Å². The van der Waals surface area contributed by atoms with E-state index in [4.69, 9.17) is 10.5 Å². The molecule has 1 unspecified atom stereocenters. The molecule has 0 fully saturated rings. The average Bonchev–Trinajstić information content (AvgIpc) is 2.39. The zero-order valence-corrected chi connectivity index (χ0v) is 11.4. The third-order valence-electron chi connectivity index (χ3n) is 3.72. The smallest absolute Gasteiger partial charge is 0.126 e. The van der Waals surface area contributed by atoms with Gasteiger partial charge in [0.25, 0.3) is 0 Å². The zero-order valence-electron chi connectivity index (χ0n) is 11.4. The van der Waals surface area contributed by atoms with Gasteiger partial charge in [-0.1, -0.05) is 47.5 Å². The standard InChI is InChI=1S/C17H19NO/c1-11-4-3-5-13(8-11)17-10-15(18)14-9-12(2)6-7-16(14)19-17/h3-9,15,17H,10,18H2,1-2H3/t15-,17?/m0/s1. The molecule has 1 heterocycles. The Bertz CT molecular complexity index is 606. The highest BCUT2D eigenvalue weighted by atomic mass is 16.5. The van der Waals surface area contributed by atoms with Gasteiger partial charge in [0.2, 0.25) is 0 Å². The van der Waals surface area contributed by atoms with Crippen molar-refractivity contribution in [1.29, 1.82) is 0 Å². The predicted molar refractivity (Wildman–Crippen MR) is 77.3 cm³/mol. The van der Waals surface area contributed by atoms with E-state index in [2.05, 4.69) is 50.2 Å². The monoisotopic (exact) mass is 253 g/mol. The van der Waals surface area contributed by atoms with E-state index < -0.39 is 0 Å². The van der Waals surface area contributed by atoms with Gasteiger partial charge in [-0.2, -0.15) is 0 Å². The molecule has 19 heavy (non-hydrogen) atoms. The highest BCUT2D eigenvalue weighted by Gasteiger charge is 2.26. The second-order valence-electron chi connectivity index (χ2n) is 5.40. The largest absolute Gasteiger partial charge is 0.485 e. The molecule has 1 aliphatic heterocycles. The predicted octanol–water partition coefficient (Wildman–Crippen LogP) is 3.83. The van der Waals surface area contributed by atoms with Crippen molar-refractivity contribution in [3.63, 3.8) is 0 Å². The lowest BCUT2D eigenvalue weighted by molar-refractivity contribution is 0.161. The van der Waals surface area contributed by atoms with Crippen LogP contribution in [0.3, 0.4) is 0 Å². The topological polar surface area (TPSA) is 35.2 Å². The van der Waals surface area contributed by atoms with E-state index in [1.807, 2.05) is 6.07 Å². The van der Waals surface area contributed by atoms with Gasteiger partial charge in [-0.25, -0.2) is 0 Å². The van der Waals surface area contributed by atoms with Crippen molar-refractivity contribution in [1.82, 2.24) is 0 Å². The van der Waals surface area contributed by atoms with Crippen LogP contribution in [0.1, 0.15) is 40.8 Å². The lowest BCUT2D eigenvalue weighted by Gasteiger charge is -2.31.